The Morgan fingerprint density at radius 2 is 2.15 bits per heavy atom. The molecule has 6 nitrogen and oxygen atoms in total. The maximum atomic E-state index is 12.2. The summed E-state index contributed by atoms with van der Waals surface area (Å²) in [6, 6.07) is 5.02. The molecule has 0 fully saturated rings. The van der Waals surface area contributed by atoms with Gasteiger partial charge in [0, 0.05) is 12.1 Å². The van der Waals surface area contributed by atoms with Crippen molar-refractivity contribution in [2.45, 2.75) is 0 Å². The lowest BCUT2D eigenvalue weighted by molar-refractivity contribution is 0.102. The highest BCUT2D eigenvalue weighted by Gasteiger charge is 2.19. The number of thiophene rings is 1. The van der Waals surface area contributed by atoms with Crippen molar-refractivity contribution in [2.75, 3.05) is 25.0 Å². The first-order valence-corrected chi connectivity index (χ1v) is 6.69. The quantitative estimate of drug-likeness (QED) is 0.848. The summed E-state index contributed by atoms with van der Waals surface area (Å²) in [4.78, 5) is 12.7. The predicted octanol–water partition coefficient (Wildman–Crippen LogP) is 2.32. The Bertz CT molecular complexity index is 668. The van der Waals surface area contributed by atoms with E-state index in [9.17, 15) is 4.79 Å². The number of benzene rings is 1. The highest BCUT2D eigenvalue weighted by Crippen LogP contribution is 2.38. The van der Waals surface area contributed by atoms with E-state index >= 15 is 0 Å². The highest BCUT2D eigenvalue weighted by atomic mass is 32.1. The molecule has 0 saturated carbocycles. The van der Waals surface area contributed by atoms with Crippen LogP contribution in [0.4, 0.5) is 11.4 Å². The van der Waals surface area contributed by atoms with Gasteiger partial charge in [0.2, 0.25) is 6.79 Å². The van der Waals surface area contributed by atoms with Crippen LogP contribution in [0.15, 0.2) is 23.6 Å². The minimum atomic E-state index is -0.276. The van der Waals surface area contributed by atoms with Crippen molar-refractivity contribution in [2.24, 2.45) is 0 Å². The number of nitrogens with two attached hydrogens (primary N) is 1. The molecule has 1 aromatic carbocycles. The van der Waals surface area contributed by atoms with Gasteiger partial charge in [-0.1, -0.05) is 0 Å². The first-order chi connectivity index (χ1) is 9.69. The number of methoxy groups -OCH3 is 1. The van der Waals surface area contributed by atoms with Crippen LogP contribution in [0, 0.1) is 0 Å². The molecule has 1 aliphatic heterocycles. The fraction of sp³-hybridized carbons (Fsp3) is 0.154. The standard InChI is InChI=1S/C13H12N2O4S/c1-17-9-2-3-20-12(9)13(16)15-8-5-11-10(4-7(8)14)18-6-19-11/h2-5H,6,14H2,1H3,(H,15,16). The van der Waals surface area contributed by atoms with Crippen LogP contribution in [0.25, 0.3) is 0 Å². The van der Waals surface area contributed by atoms with E-state index in [1.807, 2.05) is 0 Å². The number of rotatable bonds is 3. The van der Waals surface area contributed by atoms with Gasteiger partial charge in [-0.3, -0.25) is 4.79 Å². The van der Waals surface area contributed by atoms with E-state index in [4.69, 9.17) is 19.9 Å². The Labute approximate surface area is 119 Å². The molecule has 0 spiro atoms. The monoisotopic (exact) mass is 292 g/mol. The average Bonchev–Trinajstić information content (AvgIpc) is 3.06. The third kappa shape index (κ3) is 2.12. The number of nitrogens with one attached hydrogen (secondary N) is 1. The summed E-state index contributed by atoms with van der Waals surface area (Å²) < 4.78 is 15.6. The second kappa shape index (κ2) is 4.93. The zero-order valence-corrected chi connectivity index (χ0v) is 11.5. The van der Waals surface area contributed by atoms with E-state index in [2.05, 4.69) is 5.32 Å². The summed E-state index contributed by atoms with van der Waals surface area (Å²) in [5.74, 6) is 1.40. The Balaban J connectivity index is 1.86. The van der Waals surface area contributed by atoms with Crippen molar-refractivity contribution in [1.29, 1.82) is 0 Å². The van der Waals surface area contributed by atoms with Crippen LogP contribution < -0.4 is 25.3 Å². The van der Waals surface area contributed by atoms with Gasteiger partial charge in [-0.2, -0.15) is 0 Å². The molecule has 104 valence electrons. The summed E-state index contributed by atoms with van der Waals surface area (Å²) in [5.41, 5.74) is 6.78. The van der Waals surface area contributed by atoms with Crippen molar-refractivity contribution >= 4 is 28.6 Å². The largest absolute Gasteiger partial charge is 0.495 e. The second-order valence-electron chi connectivity index (χ2n) is 4.06. The normalized spacial score (nSPS) is 12.2. The fourth-order valence-electron chi connectivity index (χ4n) is 1.87. The number of fused-ring (bicyclic) bond motifs is 1. The molecule has 1 aliphatic rings. The third-order valence-electron chi connectivity index (χ3n) is 2.85. The number of hydrogen-bond acceptors (Lipinski definition) is 6. The van der Waals surface area contributed by atoms with Crippen LogP contribution in [-0.2, 0) is 0 Å². The molecule has 1 aromatic heterocycles. The predicted molar refractivity (Wildman–Crippen MR) is 75.8 cm³/mol. The number of nitrogen functional groups attached to an aromatic ring is 1. The lowest BCUT2D eigenvalue weighted by Gasteiger charge is -2.09. The SMILES string of the molecule is COc1ccsc1C(=O)Nc1cc2c(cc1N)OCO2. The number of carbonyl (C=O) groups is 1. The van der Waals surface area contributed by atoms with E-state index in [0.29, 0.717) is 33.5 Å². The molecule has 0 unspecified atom stereocenters. The van der Waals surface area contributed by atoms with Gasteiger partial charge >= 0.3 is 0 Å². The first kappa shape index (κ1) is 12.6. The van der Waals surface area contributed by atoms with Gasteiger partial charge in [0.15, 0.2) is 11.5 Å². The van der Waals surface area contributed by atoms with Crippen LogP contribution in [0.2, 0.25) is 0 Å². The van der Waals surface area contributed by atoms with E-state index in [-0.39, 0.29) is 12.7 Å². The summed E-state index contributed by atoms with van der Waals surface area (Å²) in [6.07, 6.45) is 0. The first-order valence-electron chi connectivity index (χ1n) is 5.81. The van der Waals surface area contributed by atoms with Gasteiger partial charge in [0.1, 0.15) is 10.6 Å². The molecule has 0 saturated heterocycles. The molecule has 7 heteroatoms. The van der Waals surface area contributed by atoms with Crippen molar-refractivity contribution in [3.8, 4) is 17.2 Å². The van der Waals surface area contributed by atoms with Gasteiger partial charge < -0.3 is 25.3 Å². The number of ether oxygens (including phenoxy) is 3. The molecule has 0 bridgehead atoms. The van der Waals surface area contributed by atoms with E-state index < -0.39 is 0 Å². The second-order valence-corrected chi connectivity index (χ2v) is 4.98. The molecule has 2 aromatic rings. The number of anilines is 2. The summed E-state index contributed by atoms with van der Waals surface area (Å²) >= 11 is 1.30. The van der Waals surface area contributed by atoms with E-state index in [1.165, 1.54) is 18.4 Å². The van der Waals surface area contributed by atoms with Gasteiger partial charge in [-0.15, -0.1) is 11.3 Å². The molecule has 0 radical (unpaired) electrons. The van der Waals surface area contributed by atoms with Crippen LogP contribution in [-0.4, -0.2) is 19.8 Å². The topological polar surface area (TPSA) is 82.8 Å². The van der Waals surface area contributed by atoms with Gasteiger partial charge in [-0.05, 0) is 11.4 Å². The molecule has 0 aliphatic carbocycles. The van der Waals surface area contributed by atoms with Crippen molar-refractivity contribution in [3.05, 3.63) is 28.5 Å². The molecular formula is C13H12N2O4S. The maximum absolute atomic E-state index is 12.2. The lowest BCUT2D eigenvalue weighted by Crippen LogP contribution is -2.12. The molecule has 20 heavy (non-hydrogen) atoms. The van der Waals surface area contributed by atoms with Gasteiger partial charge in [0.25, 0.3) is 5.91 Å². The Hall–Kier alpha value is -2.41. The zero-order chi connectivity index (χ0) is 14.1. The van der Waals surface area contributed by atoms with Gasteiger partial charge in [-0.25, -0.2) is 0 Å². The summed E-state index contributed by atoms with van der Waals surface area (Å²) in [5, 5.41) is 4.54. The average molecular weight is 292 g/mol. The van der Waals surface area contributed by atoms with Crippen molar-refractivity contribution < 1.29 is 19.0 Å². The number of hydrogen-bond donors (Lipinski definition) is 2. The number of carbonyl (C=O) groups excluding carboxylic acids is 1. The van der Waals surface area contributed by atoms with E-state index in [0.717, 1.165) is 0 Å². The van der Waals surface area contributed by atoms with Crippen LogP contribution in [0.3, 0.4) is 0 Å². The highest BCUT2D eigenvalue weighted by molar-refractivity contribution is 7.12. The van der Waals surface area contributed by atoms with Crippen LogP contribution >= 0.6 is 11.3 Å². The van der Waals surface area contributed by atoms with Gasteiger partial charge in [0.05, 0.1) is 18.5 Å². The smallest absolute Gasteiger partial charge is 0.269 e. The van der Waals surface area contributed by atoms with E-state index in [1.54, 1.807) is 23.6 Å². The molecule has 2 heterocycles. The zero-order valence-electron chi connectivity index (χ0n) is 10.6. The fourth-order valence-corrected chi connectivity index (χ4v) is 2.62. The Morgan fingerprint density at radius 3 is 2.90 bits per heavy atom. The maximum Gasteiger partial charge on any atom is 0.269 e. The molecule has 1 amide bonds. The third-order valence-corrected chi connectivity index (χ3v) is 3.74. The lowest BCUT2D eigenvalue weighted by atomic mass is 10.2. The Kier molecular flexibility index (Phi) is 3.11. The minimum absolute atomic E-state index is 0.158. The molecular weight excluding hydrogens is 280 g/mol. The van der Waals surface area contributed by atoms with Crippen molar-refractivity contribution in [3.63, 3.8) is 0 Å². The summed E-state index contributed by atoms with van der Waals surface area (Å²) in [7, 11) is 1.52. The van der Waals surface area contributed by atoms with Crippen LogP contribution in [0.1, 0.15) is 9.67 Å². The number of amides is 1. The molecule has 3 rings (SSSR count). The molecule has 3 N–H and O–H groups in total. The molecule has 0 atom stereocenters. The minimum Gasteiger partial charge on any atom is -0.495 e. The summed E-state index contributed by atoms with van der Waals surface area (Å²) in [6.45, 7) is 0.158. The Morgan fingerprint density at radius 1 is 1.40 bits per heavy atom. The van der Waals surface area contributed by atoms with Crippen LogP contribution in [0.5, 0.6) is 17.2 Å². The van der Waals surface area contributed by atoms with Crippen molar-refractivity contribution in [1.82, 2.24) is 0 Å².